The average molecular weight is 494 g/mol. The molecule has 1 saturated heterocycles. The summed E-state index contributed by atoms with van der Waals surface area (Å²) in [5, 5.41) is 12.0. The maximum atomic E-state index is 13.2. The van der Waals surface area contributed by atoms with E-state index in [2.05, 4.69) is 0 Å². The van der Waals surface area contributed by atoms with Crippen LogP contribution in [0.1, 0.15) is 35.2 Å². The molecule has 1 N–H and O–H groups in total. The van der Waals surface area contributed by atoms with Crippen LogP contribution >= 0.6 is 23.2 Å². The molecule has 0 aliphatic carbocycles. The summed E-state index contributed by atoms with van der Waals surface area (Å²) in [6, 6.07) is 18.8. The zero-order valence-corrected chi connectivity index (χ0v) is 19.8. The van der Waals surface area contributed by atoms with Gasteiger partial charge in [0, 0.05) is 18.5 Å². The fourth-order valence-corrected chi connectivity index (χ4v) is 4.88. The quantitative estimate of drug-likeness (QED) is 0.277. The number of carbonyl (C=O) groups is 2. The van der Waals surface area contributed by atoms with E-state index in [4.69, 9.17) is 27.9 Å². The zero-order chi connectivity index (χ0) is 24.0. The number of likely N-dealkylation sites (tertiary alicyclic amines) is 1. The first-order valence-corrected chi connectivity index (χ1v) is 11.7. The molecule has 1 fully saturated rings. The van der Waals surface area contributed by atoms with Gasteiger partial charge in [-0.05, 0) is 53.9 Å². The lowest BCUT2D eigenvalue weighted by atomic mass is 9.94. The smallest absolute Gasteiger partial charge is 0.295 e. The molecule has 172 valence electrons. The predicted molar refractivity (Wildman–Crippen MR) is 131 cm³/mol. The number of aliphatic hydroxyl groups excluding tert-OH is 1. The molecular formula is C27H21Cl2NO4. The Hall–Kier alpha value is -3.28. The number of rotatable bonds is 4. The third kappa shape index (κ3) is 3.95. The molecule has 3 aromatic carbocycles. The van der Waals surface area contributed by atoms with Gasteiger partial charge in [0.15, 0.2) is 0 Å². The molecule has 2 aliphatic heterocycles. The van der Waals surface area contributed by atoms with E-state index in [0.717, 1.165) is 16.9 Å². The number of ether oxygens (including phenoxy) is 1. The Morgan fingerprint density at radius 2 is 1.79 bits per heavy atom. The van der Waals surface area contributed by atoms with E-state index in [1.807, 2.05) is 43.3 Å². The van der Waals surface area contributed by atoms with Gasteiger partial charge in [-0.25, -0.2) is 0 Å². The molecule has 0 radical (unpaired) electrons. The summed E-state index contributed by atoms with van der Waals surface area (Å²) in [5.74, 6) is -0.892. The van der Waals surface area contributed by atoms with Gasteiger partial charge >= 0.3 is 0 Å². The Kier molecular flexibility index (Phi) is 5.84. The van der Waals surface area contributed by atoms with Crippen LogP contribution in [0.25, 0.3) is 5.76 Å². The van der Waals surface area contributed by atoms with Crippen molar-refractivity contribution < 1.29 is 19.4 Å². The highest BCUT2D eigenvalue weighted by atomic mass is 35.5. The SMILES string of the molecule is C[C@@H]1Cc2cc(C(O)=C3C(=O)C(=O)N(Cc4ccccc4)[C@H]3c3ccc(Cl)c(Cl)c3)ccc2O1. The van der Waals surface area contributed by atoms with E-state index in [1.54, 1.807) is 30.3 Å². The molecular weight excluding hydrogens is 473 g/mol. The molecule has 7 heteroatoms. The number of Topliss-reactive ketones (excluding diaryl/α,β-unsaturated/α-hetero) is 1. The Labute approximate surface area is 207 Å². The lowest BCUT2D eigenvalue weighted by Crippen LogP contribution is -2.29. The maximum Gasteiger partial charge on any atom is 0.295 e. The molecule has 2 atom stereocenters. The van der Waals surface area contributed by atoms with E-state index in [-0.39, 0.29) is 24.0 Å². The number of amides is 1. The van der Waals surface area contributed by atoms with Crippen molar-refractivity contribution >= 4 is 40.7 Å². The van der Waals surface area contributed by atoms with Crippen molar-refractivity contribution in [2.24, 2.45) is 0 Å². The summed E-state index contributed by atoms with van der Waals surface area (Å²) < 4.78 is 5.75. The van der Waals surface area contributed by atoms with Crippen molar-refractivity contribution in [3.63, 3.8) is 0 Å². The van der Waals surface area contributed by atoms with Gasteiger partial charge in [-0.1, -0.05) is 59.6 Å². The van der Waals surface area contributed by atoms with Crippen LogP contribution in [0.4, 0.5) is 0 Å². The summed E-state index contributed by atoms with van der Waals surface area (Å²) in [4.78, 5) is 27.9. The van der Waals surface area contributed by atoms with Gasteiger partial charge in [0.25, 0.3) is 11.7 Å². The number of carbonyl (C=O) groups excluding carboxylic acids is 2. The van der Waals surface area contributed by atoms with Crippen LogP contribution in [0.2, 0.25) is 10.0 Å². The van der Waals surface area contributed by atoms with Crippen molar-refractivity contribution in [2.45, 2.75) is 32.0 Å². The van der Waals surface area contributed by atoms with E-state index >= 15 is 0 Å². The fourth-order valence-electron chi connectivity index (χ4n) is 4.58. The van der Waals surface area contributed by atoms with Gasteiger partial charge in [0.05, 0.1) is 21.7 Å². The van der Waals surface area contributed by atoms with E-state index < -0.39 is 17.7 Å². The van der Waals surface area contributed by atoms with Crippen LogP contribution < -0.4 is 4.74 Å². The molecule has 5 rings (SSSR count). The van der Waals surface area contributed by atoms with Gasteiger partial charge in [-0.15, -0.1) is 0 Å². The second kappa shape index (κ2) is 8.82. The number of aliphatic hydroxyl groups is 1. The highest BCUT2D eigenvalue weighted by Gasteiger charge is 2.46. The summed E-state index contributed by atoms with van der Waals surface area (Å²) in [6.45, 7) is 2.17. The molecule has 5 nitrogen and oxygen atoms in total. The second-order valence-corrected chi connectivity index (χ2v) is 9.36. The van der Waals surface area contributed by atoms with Crippen molar-refractivity contribution in [3.8, 4) is 5.75 Å². The molecule has 1 amide bonds. The minimum Gasteiger partial charge on any atom is -0.507 e. The fraction of sp³-hybridized carbons (Fsp3) is 0.185. The molecule has 0 spiro atoms. The molecule has 0 bridgehead atoms. The third-order valence-electron chi connectivity index (χ3n) is 6.16. The number of ketones is 1. The van der Waals surface area contributed by atoms with Crippen molar-refractivity contribution in [2.75, 3.05) is 0 Å². The summed E-state index contributed by atoms with van der Waals surface area (Å²) in [5.41, 5.74) is 2.87. The molecule has 2 heterocycles. The second-order valence-electron chi connectivity index (χ2n) is 8.54. The van der Waals surface area contributed by atoms with Gasteiger partial charge in [0.1, 0.15) is 17.6 Å². The molecule has 0 unspecified atom stereocenters. The standard InChI is InChI=1S/C27H21Cl2NO4/c1-15-11-19-12-18(8-10-22(19)34-15)25(31)23-24(17-7-9-20(28)21(29)13-17)30(27(33)26(23)32)14-16-5-3-2-4-6-16/h2-10,12-13,15,24,31H,11,14H2,1H3/t15-,24+/m1/s1. The number of fused-ring (bicyclic) bond motifs is 1. The minimum absolute atomic E-state index is 0.0197. The summed E-state index contributed by atoms with van der Waals surface area (Å²) in [6.07, 6.45) is 0.745. The van der Waals surface area contributed by atoms with Crippen molar-refractivity contribution in [1.82, 2.24) is 4.90 Å². The van der Waals surface area contributed by atoms with Crippen molar-refractivity contribution in [3.05, 3.63) is 105 Å². The first-order chi connectivity index (χ1) is 16.3. The normalized spacial score (nSPS) is 21.0. The monoisotopic (exact) mass is 493 g/mol. The largest absolute Gasteiger partial charge is 0.507 e. The predicted octanol–water partition coefficient (Wildman–Crippen LogP) is 5.94. The third-order valence-corrected chi connectivity index (χ3v) is 6.90. The van der Waals surface area contributed by atoms with Gasteiger partial charge in [-0.3, -0.25) is 9.59 Å². The van der Waals surface area contributed by atoms with Crippen LogP contribution in [-0.4, -0.2) is 27.8 Å². The summed E-state index contributed by atoms with van der Waals surface area (Å²) >= 11 is 12.4. The van der Waals surface area contributed by atoms with Crippen LogP contribution in [0.15, 0.2) is 72.3 Å². The van der Waals surface area contributed by atoms with Gasteiger partial charge in [-0.2, -0.15) is 0 Å². The van der Waals surface area contributed by atoms with Crippen LogP contribution in [-0.2, 0) is 22.6 Å². The molecule has 3 aromatic rings. The minimum atomic E-state index is -0.821. The first kappa shape index (κ1) is 22.5. The number of benzene rings is 3. The van der Waals surface area contributed by atoms with E-state index in [9.17, 15) is 14.7 Å². The lowest BCUT2D eigenvalue weighted by Gasteiger charge is -2.25. The van der Waals surface area contributed by atoms with Gasteiger partial charge < -0.3 is 14.7 Å². The van der Waals surface area contributed by atoms with Gasteiger partial charge in [0.2, 0.25) is 0 Å². The Bertz CT molecular complexity index is 1340. The number of halogens is 2. The molecule has 0 saturated carbocycles. The van der Waals surface area contributed by atoms with Crippen LogP contribution in [0.5, 0.6) is 5.75 Å². The zero-order valence-electron chi connectivity index (χ0n) is 18.3. The Morgan fingerprint density at radius 1 is 1.03 bits per heavy atom. The average Bonchev–Trinajstić information content (AvgIpc) is 3.32. The van der Waals surface area contributed by atoms with E-state index in [0.29, 0.717) is 27.6 Å². The van der Waals surface area contributed by atoms with E-state index in [1.165, 1.54) is 4.90 Å². The summed E-state index contributed by atoms with van der Waals surface area (Å²) in [7, 11) is 0. The van der Waals surface area contributed by atoms with Crippen molar-refractivity contribution in [1.29, 1.82) is 0 Å². The van der Waals surface area contributed by atoms with Crippen LogP contribution in [0, 0.1) is 0 Å². The molecule has 2 aliphatic rings. The highest BCUT2D eigenvalue weighted by Crippen LogP contribution is 2.42. The molecule has 0 aromatic heterocycles. The Balaban J connectivity index is 1.65. The maximum absolute atomic E-state index is 13.2. The van der Waals surface area contributed by atoms with Crippen LogP contribution in [0.3, 0.4) is 0 Å². The number of hydrogen-bond acceptors (Lipinski definition) is 4. The highest BCUT2D eigenvalue weighted by molar-refractivity contribution is 6.46. The number of hydrogen-bond donors (Lipinski definition) is 1. The topological polar surface area (TPSA) is 66.8 Å². The molecule has 34 heavy (non-hydrogen) atoms. The lowest BCUT2D eigenvalue weighted by molar-refractivity contribution is -0.140. The Morgan fingerprint density at radius 3 is 2.53 bits per heavy atom. The number of nitrogens with zero attached hydrogens (tertiary/aromatic N) is 1. The first-order valence-electron chi connectivity index (χ1n) is 10.9.